The largest absolute Gasteiger partial charge is 0.325 e. The SMILES string of the molecule is O=C(Nc1ccc(NC(=O)C2C#CCCC2)cc1)C1C#CCCC1. The van der Waals surface area contributed by atoms with E-state index in [-0.39, 0.29) is 23.7 Å². The van der Waals surface area contributed by atoms with Gasteiger partial charge < -0.3 is 10.6 Å². The van der Waals surface area contributed by atoms with Gasteiger partial charge in [-0.3, -0.25) is 9.59 Å². The van der Waals surface area contributed by atoms with Crippen molar-refractivity contribution in [2.75, 3.05) is 10.6 Å². The molecule has 0 radical (unpaired) electrons. The van der Waals surface area contributed by atoms with Crippen LogP contribution in [0.15, 0.2) is 24.3 Å². The predicted octanol–water partition coefficient (Wildman–Crippen LogP) is 3.17. The van der Waals surface area contributed by atoms with Gasteiger partial charge in [-0.1, -0.05) is 11.8 Å². The second-order valence-electron chi connectivity index (χ2n) is 6.09. The van der Waals surface area contributed by atoms with Crippen LogP contribution < -0.4 is 10.6 Å². The lowest BCUT2D eigenvalue weighted by atomic mass is 9.97. The van der Waals surface area contributed by atoms with E-state index in [1.807, 2.05) is 0 Å². The van der Waals surface area contributed by atoms with E-state index in [0.717, 1.165) is 38.5 Å². The molecule has 0 saturated carbocycles. The number of nitrogens with one attached hydrogen (secondary N) is 2. The molecule has 3 rings (SSSR count). The summed E-state index contributed by atoms with van der Waals surface area (Å²) in [5.41, 5.74) is 1.42. The number of hydrogen-bond donors (Lipinski definition) is 2. The second-order valence-corrected chi connectivity index (χ2v) is 6.09. The third kappa shape index (κ3) is 4.18. The van der Waals surface area contributed by atoms with Crippen LogP contribution in [0.2, 0.25) is 0 Å². The van der Waals surface area contributed by atoms with Crippen LogP contribution in [0.3, 0.4) is 0 Å². The summed E-state index contributed by atoms with van der Waals surface area (Å²) in [5, 5.41) is 5.76. The Morgan fingerprint density at radius 1 is 0.792 bits per heavy atom. The Morgan fingerprint density at radius 2 is 1.21 bits per heavy atom. The Kier molecular flexibility index (Phi) is 5.18. The molecule has 0 saturated heterocycles. The summed E-state index contributed by atoms with van der Waals surface area (Å²) in [7, 11) is 0. The van der Waals surface area contributed by atoms with Crippen molar-refractivity contribution in [2.45, 2.75) is 38.5 Å². The minimum atomic E-state index is -0.219. The molecule has 0 aromatic heterocycles. The van der Waals surface area contributed by atoms with E-state index in [9.17, 15) is 9.59 Å². The lowest BCUT2D eigenvalue weighted by Gasteiger charge is -2.15. The van der Waals surface area contributed by atoms with Gasteiger partial charge in [0.2, 0.25) is 11.8 Å². The van der Waals surface area contributed by atoms with Gasteiger partial charge in [0.1, 0.15) is 0 Å². The summed E-state index contributed by atoms with van der Waals surface area (Å²) < 4.78 is 0. The summed E-state index contributed by atoms with van der Waals surface area (Å²) in [4.78, 5) is 24.3. The summed E-state index contributed by atoms with van der Waals surface area (Å²) in [5.74, 6) is 11.4. The number of anilines is 2. The Morgan fingerprint density at radius 3 is 1.54 bits per heavy atom. The molecule has 2 aliphatic rings. The summed E-state index contributed by atoms with van der Waals surface area (Å²) in [6, 6.07) is 7.15. The molecule has 2 amide bonds. The lowest BCUT2D eigenvalue weighted by Crippen LogP contribution is -2.23. The van der Waals surface area contributed by atoms with Crippen molar-refractivity contribution in [2.24, 2.45) is 11.8 Å². The highest BCUT2D eigenvalue weighted by atomic mass is 16.2. The van der Waals surface area contributed by atoms with Gasteiger partial charge in [-0.2, -0.15) is 0 Å². The van der Waals surface area contributed by atoms with Gasteiger partial charge in [-0.15, -0.1) is 11.8 Å². The Balaban J connectivity index is 1.56. The van der Waals surface area contributed by atoms with Gasteiger partial charge in [0.05, 0.1) is 11.8 Å². The van der Waals surface area contributed by atoms with Crippen molar-refractivity contribution in [1.82, 2.24) is 0 Å². The lowest BCUT2D eigenvalue weighted by molar-refractivity contribution is -0.119. The van der Waals surface area contributed by atoms with Crippen molar-refractivity contribution < 1.29 is 9.59 Å². The molecular formula is C20H20N2O2. The third-order valence-corrected chi connectivity index (χ3v) is 4.19. The van der Waals surface area contributed by atoms with E-state index in [2.05, 4.69) is 34.3 Å². The molecule has 4 nitrogen and oxygen atoms in total. The number of rotatable bonds is 4. The average molecular weight is 320 g/mol. The minimum absolute atomic E-state index is 0.0588. The fourth-order valence-corrected chi connectivity index (χ4v) is 2.81. The first-order chi connectivity index (χ1) is 11.7. The maximum Gasteiger partial charge on any atom is 0.239 e. The zero-order valence-corrected chi connectivity index (χ0v) is 13.5. The molecule has 1 aromatic carbocycles. The monoisotopic (exact) mass is 320 g/mol. The Bertz CT molecular complexity index is 679. The molecule has 1 aromatic rings. The standard InChI is InChI=1S/C20H20N2O2/c23-19(15-7-3-1-4-8-15)21-17-11-13-18(14-12-17)22-20(24)16-9-5-2-6-10-16/h11-16H,1-3,5,7,9H2,(H,21,23)(H,22,24). The quantitative estimate of drug-likeness (QED) is 0.837. The summed E-state index contributed by atoms with van der Waals surface area (Å²) in [6.07, 6.45) is 5.33. The Labute approximate surface area is 142 Å². The topological polar surface area (TPSA) is 58.2 Å². The molecule has 4 heteroatoms. The van der Waals surface area contributed by atoms with Gasteiger partial charge in [-0.25, -0.2) is 0 Å². The molecule has 0 aliphatic heterocycles. The first kappa shape index (κ1) is 16.1. The fourth-order valence-electron chi connectivity index (χ4n) is 2.81. The van der Waals surface area contributed by atoms with Crippen LogP contribution in [0, 0.1) is 35.5 Å². The van der Waals surface area contributed by atoms with Crippen LogP contribution in [0.4, 0.5) is 11.4 Å². The molecule has 0 fully saturated rings. The summed E-state index contributed by atoms with van der Waals surface area (Å²) >= 11 is 0. The molecule has 2 unspecified atom stereocenters. The molecule has 122 valence electrons. The Hall–Kier alpha value is -2.72. The van der Waals surface area contributed by atoms with Gasteiger partial charge in [-0.05, 0) is 49.9 Å². The molecule has 0 heterocycles. The maximum absolute atomic E-state index is 12.1. The highest BCUT2D eigenvalue weighted by Gasteiger charge is 2.19. The molecule has 2 atom stereocenters. The average Bonchev–Trinajstić information content (AvgIpc) is 2.65. The van der Waals surface area contributed by atoms with Crippen molar-refractivity contribution in [3.63, 3.8) is 0 Å². The van der Waals surface area contributed by atoms with Gasteiger partial charge in [0.15, 0.2) is 0 Å². The normalized spacial score (nSPS) is 21.5. The van der Waals surface area contributed by atoms with Gasteiger partial charge in [0.25, 0.3) is 0 Å². The number of carbonyl (C=O) groups excluding carboxylic acids is 2. The number of hydrogen-bond acceptors (Lipinski definition) is 2. The summed E-state index contributed by atoms with van der Waals surface area (Å²) in [6.45, 7) is 0. The van der Waals surface area contributed by atoms with E-state index in [4.69, 9.17) is 0 Å². The third-order valence-electron chi connectivity index (χ3n) is 4.19. The minimum Gasteiger partial charge on any atom is -0.325 e. The van der Waals surface area contributed by atoms with Gasteiger partial charge >= 0.3 is 0 Å². The van der Waals surface area contributed by atoms with Crippen molar-refractivity contribution in [3.05, 3.63) is 24.3 Å². The first-order valence-corrected chi connectivity index (χ1v) is 8.41. The van der Waals surface area contributed by atoms with Crippen molar-refractivity contribution >= 4 is 23.2 Å². The maximum atomic E-state index is 12.1. The van der Waals surface area contributed by atoms with E-state index in [1.54, 1.807) is 24.3 Å². The molecule has 2 N–H and O–H groups in total. The van der Waals surface area contributed by atoms with Crippen LogP contribution in [-0.4, -0.2) is 11.8 Å². The van der Waals surface area contributed by atoms with Crippen LogP contribution >= 0.6 is 0 Å². The number of amides is 2. The van der Waals surface area contributed by atoms with Crippen LogP contribution in [-0.2, 0) is 9.59 Å². The highest BCUT2D eigenvalue weighted by molar-refractivity contribution is 5.96. The smallest absolute Gasteiger partial charge is 0.239 e. The van der Waals surface area contributed by atoms with E-state index in [0.29, 0.717) is 11.4 Å². The number of carbonyl (C=O) groups is 2. The zero-order chi connectivity index (χ0) is 16.8. The zero-order valence-electron chi connectivity index (χ0n) is 13.5. The molecule has 24 heavy (non-hydrogen) atoms. The highest BCUT2D eigenvalue weighted by Crippen LogP contribution is 2.19. The van der Waals surface area contributed by atoms with Crippen molar-refractivity contribution in [3.8, 4) is 23.7 Å². The second kappa shape index (κ2) is 7.70. The van der Waals surface area contributed by atoms with Crippen LogP contribution in [0.25, 0.3) is 0 Å². The predicted molar refractivity (Wildman–Crippen MR) is 93.9 cm³/mol. The van der Waals surface area contributed by atoms with E-state index < -0.39 is 0 Å². The molecular weight excluding hydrogens is 300 g/mol. The first-order valence-electron chi connectivity index (χ1n) is 8.41. The molecule has 0 spiro atoms. The van der Waals surface area contributed by atoms with Crippen molar-refractivity contribution in [1.29, 1.82) is 0 Å². The molecule has 0 bridgehead atoms. The van der Waals surface area contributed by atoms with Crippen LogP contribution in [0.1, 0.15) is 38.5 Å². The fraction of sp³-hybridized carbons (Fsp3) is 0.400. The number of benzene rings is 1. The van der Waals surface area contributed by atoms with Crippen LogP contribution in [0.5, 0.6) is 0 Å². The van der Waals surface area contributed by atoms with Gasteiger partial charge in [0, 0.05) is 24.2 Å². The molecule has 2 aliphatic carbocycles. The van der Waals surface area contributed by atoms with E-state index in [1.165, 1.54) is 0 Å². The van der Waals surface area contributed by atoms with E-state index >= 15 is 0 Å².